The van der Waals surface area contributed by atoms with Crippen molar-refractivity contribution < 1.29 is 0 Å². The molecule has 0 aliphatic rings. The van der Waals surface area contributed by atoms with Crippen LogP contribution in [0.25, 0.3) is 0 Å². The van der Waals surface area contributed by atoms with Crippen molar-refractivity contribution in [1.29, 1.82) is 0 Å². The Morgan fingerprint density at radius 2 is 1.83 bits per heavy atom. The highest BCUT2D eigenvalue weighted by molar-refractivity contribution is 9.11. The summed E-state index contributed by atoms with van der Waals surface area (Å²) >= 11 is 3.49. The summed E-state index contributed by atoms with van der Waals surface area (Å²) < 4.78 is 1.09. The monoisotopic (exact) mass is 229 g/mol. The maximum Gasteiger partial charge on any atom is 0.0481 e. The Bertz CT molecular complexity index is 202. The predicted molar refractivity (Wildman–Crippen MR) is 59.3 cm³/mol. The summed E-state index contributed by atoms with van der Waals surface area (Å²) in [5.74, 6) is 0. The van der Waals surface area contributed by atoms with E-state index < -0.39 is 0 Å². The van der Waals surface area contributed by atoms with E-state index in [9.17, 15) is 0 Å². The molecular weight excluding hydrogens is 214 g/mol. The molecule has 1 nitrogen and oxygen atoms in total. The summed E-state index contributed by atoms with van der Waals surface area (Å²) in [6.07, 6.45) is 8.10. The van der Waals surface area contributed by atoms with Crippen molar-refractivity contribution in [3.05, 3.63) is 34.5 Å². The number of halogens is 1. The lowest BCUT2D eigenvalue weighted by Crippen LogP contribution is -2.11. The fraction of sp³-hybridized carbons (Fsp3) is 0.400. The minimum Gasteiger partial charge on any atom is -0.384 e. The Hall–Kier alpha value is -0.500. The van der Waals surface area contributed by atoms with Gasteiger partial charge in [-0.05, 0) is 42.8 Å². The van der Waals surface area contributed by atoms with Gasteiger partial charge in [0, 0.05) is 16.7 Å². The minimum atomic E-state index is 0.937. The molecule has 68 valence electrons. The van der Waals surface area contributed by atoms with Crippen LogP contribution < -0.4 is 5.32 Å². The topological polar surface area (TPSA) is 12.0 Å². The lowest BCUT2D eigenvalue weighted by atomic mass is 10.3. The predicted octanol–water partition coefficient (Wildman–Crippen LogP) is 3.35. The van der Waals surface area contributed by atoms with E-state index in [2.05, 4.69) is 28.2 Å². The number of allylic oxidation sites excluding steroid dienone is 5. The SMILES string of the molecule is C\C=C/C(Br)=C(\C=C\C)NCC. The van der Waals surface area contributed by atoms with E-state index in [0.29, 0.717) is 0 Å². The molecule has 0 aliphatic heterocycles. The molecule has 0 amide bonds. The minimum absolute atomic E-state index is 0.937. The van der Waals surface area contributed by atoms with Gasteiger partial charge in [0.2, 0.25) is 0 Å². The highest BCUT2D eigenvalue weighted by Crippen LogP contribution is 2.12. The van der Waals surface area contributed by atoms with E-state index in [1.807, 2.05) is 38.2 Å². The second kappa shape index (κ2) is 7.17. The Balaban J connectivity index is 4.54. The summed E-state index contributed by atoms with van der Waals surface area (Å²) in [4.78, 5) is 0. The van der Waals surface area contributed by atoms with Crippen LogP contribution in [0.1, 0.15) is 20.8 Å². The van der Waals surface area contributed by atoms with Crippen molar-refractivity contribution in [2.24, 2.45) is 0 Å². The molecule has 12 heavy (non-hydrogen) atoms. The van der Waals surface area contributed by atoms with Crippen LogP contribution in [0.15, 0.2) is 34.5 Å². The van der Waals surface area contributed by atoms with Gasteiger partial charge in [0.15, 0.2) is 0 Å². The Kier molecular flexibility index (Phi) is 6.87. The van der Waals surface area contributed by atoms with Gasteiger partial charge in [-0.1, -0.05) is 18.2 Å². The van der Waals surface area contributed by atoms with Crippen LogP contribution in [0.3, 0.4) is 0 Å². The van der Waals surface area contributed by atoms with Gasteiger partial charge in [-0.2, -0.15) is 0 Å². The molecule has 0 saturated carbocycles. The van der Waals surface area contributed by atoms with Crippen molar-refractivity contribution in [2.45, 2.75) is 20.8 Å². The lowest BCUT2D eigenvalue weighted by molar-refractivity contribution is 0.877. The Morgan fingerprint density at radius 3 is 2.25 bits per heavy atom. The maximum absolute atomic E-state index is 3.49. The average molecular weight is 230 g/mol. The first-order chi connectivity index (χ1) is 5.76. The molecule has 0 radical (unpaired) electrons. The van der Waals surface area contributed by atoms with E-state index in [1.54, 1.807) is 0 Å². The van der Waals surface area contributed by atoms with Gasteiger partial charge in [-0.3, -0.25) is 0 Å². The first-order valence-electron chi connectivity index (χ1n) is 4.15. The van der Waals surface area contributed by atoms with Crippen LogP contribution >= 0.6 is 15.9 Å². The number of rotatable bonds is 4. The molecule has 0 saturated heterocycles. The molecule has 0 spiro atoms. The smallest absolute Gasteiger partial charge is 0.0481 e. The van der Waals surface area contributed by atoms with Gasteiger partial charge in [0.25, 0.3) is 0 Å². The molecule has 0 bridgehead atoms. The average Bonchev–Trinajstić information content (AvgIpc) is 2.04. The molecular formula is C10H16BrN. The number of hydrogen-bond acceptors (Lipinski definition) is 1. The lowest BCUT2D eigenvalue weighted by Gasteiger charge is -2.04. The second-order valence-corrected chi connectivity index (χ2v) is 3.15. The van der Waals surface area contributed by atoms with E-state index in [1.165, 1.54) is 0 Å². The third-order valence-corrected chi connectivity index (χ3v) is 1.96. The van der Waals surface area contributed by atoms with Crippen LogP contribution in [0, 0.1) is 0 Å². The first-order valence-corrected chi connectivity index (χ1v) is 4.94. The fourth-order valence-corrected chi connectivity index (χ4v) is 1.35. The van der Waals surface area contributed by atoms with E-state index >= 15 is 0 Å². The highest BCUT2D eigenvalue weighted by atomic mass is 79.9. The molecule has 0 aliphatic carbocycles. The Morgan fingerprint density at radius 1 is 1.25 bits per heavy atom. The van der Waals surface area contributed by atoms with Gasteiger partial charge in [-0.15, -0.1) is 0 Å². The van der Waals surface area contributed by atoms with Gasteiger partial charge < -0.3 is 5.32 Å². The largest absolute Gasteiger partial charge is 0.384 e. The summed E-state index contributed by atoms with van der Waals surface area (Å²) in [5.41, 5.74) is 1.12. The van der Waals surface area contributed by atoms with Gasteiger partial charge in [-0.25, -0.2) is 0 Å². The van der Waals surface area contributed by atoms with Crippen molar-refractivity contribution in [3.63, 3.8) is 0 Å². The third kappa shape index (κ3) is 4.39. The summed E-state index contributed by atoms with van der Waals surface area (Å²) in [7, 11) is 0. The molecule has 0 rings (SSSR count). The van der Waals surface area contributed by atoms with Crippen LogP contribution in [-0.2, 0) is 0 Å². The molecule has 0 aromatic rings. The molecule has 2 heteroatoms. The normalized spacial score (nSPS) is 14.0. The number of nitrogens with one attached hydrogen (secondary N) is 1. The standard InChI is InChI=1S/C10H16BrN/c1-4-7-9(11)10(8-5-2)12-6-3/h4-5,7-8,12H,6H2,1-3H3/b7-4-,8-5+,10-9-. The van der Waals surface area contributed by atoms with Crippen LogP contribution in [-0.4, -0.2) is 6.54 Å². The van der Waals surface area contributed by atoms with Crippen molar-refractivity contribution in [2.75, 3.05) is 6.54 Å². The van der Waals surface area contributed by atoms with Crippen LogP contribution in [0.2, 0.25) is 0 Å². The second-order valence-electron chi connectivity index (χ2n) is 2.29. The molecule has 1 N–H and O–H groups in total. The summed E-state index contributed by atoms with van der Waals surface area (Å²) in [5, 5.41) is 3.26. The van der Waals surface area contributed by atoms with E-state index in [4.69, 9.17) is 0 Å². The fourth-order valence-electron chi connectivity index (χ4n) is 0.816. The van der Waals surface area contributed by atoms with E-state index in [0.717, 1.165) is 16.7 Å². The maximum atomic E-state index is 3.49. The van der Waals surface area contributed by atoms with Crippen molar-refractivity contribution in [1.82, 2.24) is 5.32 Å². The molecule has 0 aromatic carbocycles. The van der Waals surface area contributed by atoms with Gasteiger partial charge in [0.1, 0.15) is 0 Å². The Labute approximate surface area is 83.4 Å². The highest BCUT2D eigenvalue weighted by Gasteiger charge is 1.93. The third-order valence-electron chi connectivity index (χ3n) is 1.27. The zero-order valence-corrected chi connectivity index (χ0v) is 9.48. The van der Waals surface area contributed by atoms with Crippen molar-refractivity contribution in [3.8, 4) is 0 Å². The summed E-state index contributed by atoms with van der Waals surface area (Å²) in [6, 6.07) is 0. The zero-order chi connectivity index (χ0) is 9.40. The number of hydrogen-bond donors (Lipinski definition) is 1. The molecule has 0 atom stereocenters. The van der Waals surface area contributed by atoms with Crippen molar-refractivity contribution >= 4 is 15.9 Å². The zero-order valence-electron chi connectivity index (χ0n) is 7.89. The summed E-state index contributed by atoms with van der Waals surface area (Å²) in [6.45, 7) is 7.03. The van der Waals surface area contributed by atoms with E-state index in [-0.39, 0.29) is 0 Å². The van der Waals surface area contributed by atoms with Gasteiger partial charge >= 0.3 is 0 Å². The van der Waals surface area contributed by atoms with Crippen LogP contribution in [0.5, 0.6) is 0 Å². The molecule has 0 unspecified atom stereocenters. The molecule has 0 aromatic heterocycles. The van der Waals surface area contributed by atoms with Gasteiger partial charge in [0.05, 0.1) is 0 Å². The number of likely N-dealkylation sites (N-methyl/N-ethyl adjacent to an activating group) is 1. The quantitative estimate of drug-likeness (QED) is 0.730. The first kappa shape index (κ1) is 11.5. The molecule has 0 heterocycles. The van der Waals surface area contributed by atoms with Crippen LogP contribution in [0.4, 0.5) is 0 Å². The molecule has 0 fully saturated rings.